The Bertz CT molecular complexity index is 635. The van der Waals surface area contributed by atoms with Crippen molar-refractivity contribution in [2.45, 2.75) is 50.5 Å². The van der Waals surface area contributed by atoms with Gasteiger partial charge in [0.25, 0.3) is 0 Å². The van der Waals surface area contributed by atoms with E-state index in [1.165, 1.54) is 38.5 Å². The lowest BCUT2D eigenvalue weighted by molar-refractivity contribution is -0.117. The molecule has 1 aromatic heterocycles. The number of hydrogen-bond acceptors (Lipinski definition) is 3. The fourth-order valence-electron chi connectivity index (χ4n) is 3.22. The molecule has 0 radical (unpaired) electrons. The third kappa shape index (κ3) is 4.58. The van der Waals surface area contributed by atoms with Gasteiger partial charge in [0.1, 0.15) is 6.04 Å². The largest absolute Gasteiger partial charge is 0.316 e. The van der Waals surface area contributed by atoms with Crippen LogP contribution >= 0.6 is 12.4 Å². The first-order valence-corrected chi connectivity index (χ1v) is 8.41. The molecule has 1 heterocycles. The van der Waals surface area contributed by atoms with E-state index in [4.69, 9.17) is 5.73 Å². The van der Waals surface area contributed by atoms with Crippen LogP contribution in [0.1, 0.15) is 61.7 Å². The Balaban J connectivity index is 0.00000208. The van der Waals surface area contributed by atoms with E-state index in [0.29, 0.717) is 11.7 Å². The van der Waals surface area contributed by atoms with Crippen molar-refractivity contribution >= 4 is 24.1 Å². The van der Waals surface area contributed by atoms with Crippen molar-refractivity contribution < 1.29 is 4.79 Å². The van der Waals surface area contributed by atoms with Crippen molar-refractivity contribution in [3.63, 3.8) is 0 Å². The summed E-state index contributed by atoms with van der Waals surface area (Å²) in [6.07, 6.45) is 7.56. The number of anilines is 1. The molecule has 0 spiro atoms. The third-order valence-corrected chi connectivity index (χ3v) is 4.59. The molecular weight excluding hydrogens is 324 g/mol. The van der Waals surface area contributed by atoms with Crippen molar-refractivity contribution in [3.8, 4) is 0 Å². The van der Waals surface area contributed by atoms with Crippen LogP contribution in [0, 0.1) is 0 Å². The van der Waals surface area contributed by atoms with Crippen LogP contribution in [-0.4, -0.2) is 16.1 Å². The number of H-pyrrole nitrogens is 1. The predicted octanol–water partition coefficient (Wildman–Crippen LogP) is 3.91. The number of carbonyl (C=O) groups excluding carboxylic acids is 1. The average molecular weight is 349 g/mol. The number of nitrogens with one attached hydrogen (secondary N) is 2. The second-order valence-corrected chi connectivity index (χ2v) is 6.27. The lowest BCUT2D eigenvalue weighted by Crippen LogP contribution is -2.27. The highest BCUT2D eigenvalue weighted by molar-refractivity contribution is 5.94. The molecule has 2 aromatic rings. The fraction of sp³-hybridized carbons (Fsp3) is 0.444. The first-order valence-electron chi connectivity index (χ1n) is 8.41. The van der Waals surface area contributed by atoms with Crippen molar-refractivity contribution in [3.05, 3.63) is 47.7 Å². The summed E-state index contributed by atoms with van der Waals surface area (Å²) < 4.78 is 0. The van der Waals surface area contributed by atoms with Gasteiger partial charge < -0.3 is 11.1 Å². The van der Waals surface area contributed by atoms with Gasteiger partial charge in [-0.15, -0.1) is 12.4 Å². The SMILES string of the molecule is Cl.NC(C(=O)Nc1cc(C2CCCCCC2)[nH]n1)c1ccccc1. The lowest BCUT2D eigenvalue weighted by atomic mass is 9.97. The van der Waals surface area contributed by atoms with Gasteiger partial charge in [-0.25, -0.2) is 0 Å². The smallest absolute Gasteiger partial charge is 0.247 e. The zero-order valence-corrected chi connectivity index (χ0v) is 14.5. The Morgan fingerprint density at radius 1 is 1.17 bits per heavy atom. The maximum absolute atomic E-state index is 12.3. The molecule has 1 amide bonds. The topological polar surface area (TPSA) is 83.8 Å². The van der Waals surface area contributed by atoms with Gasteiger partial charge in [-0.3, -0.25) is 9.89 Å². The van der Waals surface area contributed by atoms with Gasteiger partial charge >= 0.3 is 0 Å². The number of carbonyl (C=O) groups is 1. The molecular formula is C18H25ClN4O. The maximum Gasteiger partial charge on any atom is 0.247 e. The predicted molar refractivity (Wildman–Crippen MR) is 98.3 cm³/mol. The number of halogens is 1. The van der Waals surface area contributed by atoms with Crippen LogP contribution in [0.3, 0.4) is 0 Å². The first kappa shape index (κ1) is 18.5. The summed E-state index contributed by atoms with van der Waals surface area (Å²) in [6, 6.07) is 10.6. The summed E-state index contributed by atoms with van der Waals surface area (Å²) >= 11 is 0. The summed E-state index contributed by atoms with van der Waals surface area (Å²) in [5.74, 6) is 0.842. The minimum Gasteiger partial charge on any atom is -0.316 e. The molecule has 1 aliphatic rings. The van der Waals surface area contributed by atoms with E-state index >= 15 is 0 Å². The number of amides is 1. The summed E-state index contributed by atoms with van der Waals surface area (Å²) in [5, 5.41) is 10.1. The van der Waals surface area contributed by atoms with Gasteiger partial charge in [0.05, 0.1) is 0 Å². The number of hydrogen-bond donors (Lipinski definition) is 3. The highest BCUT2D eigenvalue weighted by Crippen LogP contribution is 2.31. The molecule has 3 rings (SSSR count). The van der Waals surface area contributed by atoms with Crippen molar-refractivity contribution in [1.29, 1.82) is 0 Å². The number of nitrogens with zero attached hydrogens (tertiary/aromatic N) is 1. The van der Waals surface area contributed by atoms with Crippen molar-refractivity contribution in [2.75, 3.05) is 5.32 Å². The molecule has 1 saturated carbocycles. The molecule has 1 aromatic carbocycles. The highest BCUT2D eigenvalue weighted by atomic mass is 35.5. The number of aromatic nitrogens is 2. The first-order chi connectivity index (χ1) is 11.2. The standard InChI is InChI=1S/C18H24N4O.ClH/c19-17(14-10-6-3-7-11-14)18(23)20-16-12-15(21-22-16)13-8-4-1-2-5-9-13;/h3,6-7,10-13,17H,1-2,4-5,8-9,19H2,(H2,20,21,22,23);1H. The van der Waals surface area contributed by atoms with E-state index < -0.39 is 6.04 Å². The van der Waals surface area contributed by atoms with E-state index in [1.807, 2.05) is 36.4 Å². The van der Waals surface area contributed by atoms with E-state index in [1.54, 1.807) is 0 Å². The van der Waals surface area contributed by atoms with Crippen LogP contribution in [-0.2, 0) is 4.79 Å². The quantitative estimate of drug-likeness (QED) is 0.732. The van der Waals surface area contributed by atoms with E-state index in [9.17, 15) is 4.79 Å². The van der Waals surface area contributed by atoms with E-state index in [2.05, 4.69) is 15.5 Å². The fourth-order valence-corrected chi connectivity index (χ4v) is 3.22. The van der Waals surface area contributed by atoms with Crippen LogP contribution in [0.2, 0.25) is 0 Å². The van der Waals surface area contributed by atoms with Crippen molar-refractivity contribution in [2.24, 2.45) is 5.73 Å². The van der Waals surface area contributed by atoms with Crippen LogP contribution in [0.15, 0.2) is 36.4 Å². The maximum atomic E-state index is 12.3. The molecule has 5 nitrogen and oxygen atoms in total. The number of benzene rings is 1. The molecule has 0 bridgehead atoms. The van der Waals surface area contributed by atoms with Gasteiger partial charge in [0.2, 0.25) is 5.91 Å². The molecule has 1 fully saturated rings. The molecule has 1 aliphatic carbocycles. The van der Waals surface area contributed by atoms with Gasteiger partial charge in [-0.05, 0) is 18.4 Å². The molecule has 130 valence electrons. The van der Waals surface area contributed by atoms with Gasteiger partial charge in [-0.1, -0.05) is 56.0 Å². The Morgan fingerprint density at radius 3 is 2.50 bits per heavy atom. The Morgan fingerprint density at radius 2 is 1.83 bits per heavy atom. The third-order valence-electron chi connectivity index (χ3n) is 4.59. The van der Waals surface area contributed by atoms with Crippen LogP contribution in [0.5, 0.6) is 0 Å². The molecule has 4 N–H and O–H groups in total. The molecule has 6 heteroatoms. The zero-order chi connectivity index (χ0) is 16.1. The Hall–Kier alpha value is -1.85. The average Bonchev–Trinajstić information content (AvgIpc) is 2.87. The Labute approximate surface area is 148 Å². The highest BCUT2D eigenvalue weighted by Gasteiger charge is 2.19. The minimum atomic E-state index is -0.686. The second kappa shape index (κ2) is 8.85. The minimum absolute atomic E-state index is 0. The molecule has 24 heavy (non-hydrogen) atoms. The van der Waals surface area contributed by atoms with Crippen LogP contribution in [0.25, 0.3) is 0 Å². The van der Waals surface area contributed by atoms with Gasteiger partial charge in [0, 0.05) is 17.7 Å². The zero-order valence-electron chi connectivity index (χ0n) is 13.7. The monoisotopic (exact) mass is 348 g/mol. The number of nitrogens with two attached hydrogens (primary N) is 1. The van der Waals surface area contributed by atoms with Gasteiger partial charge in [-0.2, -0.15) is 5.10 Å². The second-order valence-electron chi connectivity index (χ2n) is 6.27. The molecule has 0 aliphatic heterocycles. The number of rotatable bonds is 4. The van der Waals surface area contributed by atoms with E-state index in [-0.39, 0.29) is 18.3 Å². The van der Waals surface area contributed by atoms with Crippen molar-refractivity contribution in [1.82, 2.24) is 10.2 Å². The number of aromatic amines is 1. The summed E-state index contributed by atoms with van der Waals surface area (Å²) in [5.41, 5.74) is 7.92. The summed E-state index contributed by atoms with van der Waals surface area (Å²) in [4.78, 5) is 12.3. The van der Waals surface area contributed by atoms with Crippen LogP contribution < -0.4 is 11.1 Å². The molecule has 1 unspecified atom stereocenters. The molecule has 0 saturated heterocycles. The van der Waals surface area contributed by atoms with E-state index in [0.717, 1.165) is 11.3 Å². The summed E-state index contributed by atoms with van der Waals surface area (Å²) in [7, 11) is 0. The molecule has 1 atom stereocenters. The van der Waals surface area contributed by atoms with Crippen LogP contribution in [0.4, 0.5) is 5.82 Å². The lowest BCUT2D eigenvalue weighted by Gasteiger charge is -2.11. The van der Waals surface area contributed by atoms with Gasteiger partial charge in [0.15, 0.2) is 5.82 Å². The normalized spacial score (nSPS) is 16.7. The summed E-state index contributed by atoms with van der Waals surface area (Å²) in [6.45, 7) is 0. The Kier molecular flexibility index (Phi) is 6.82.